The molecule has 2 rings (SSSR count). The first-order valence-electron chi connectivity index (χ1n) is 6.24. The highest BCUT2D eigenvalue weighted by Gasteiger charge is 2.39. The summed E-state index contributed by atoms with van der Waals surface area (Å²) in [6, 6.07) is 5.44. The van der Waals surface area contributed by atoms with Crippen LogP contribution in [0, 0.1) is 0 Å². The van der Waals surface area contributed by atoms with Crippen molar-refractivity contribution >= 4 is 11.6 Å². The number of ether oxygens (including phenoxy) is 2. The molecule has 0 spiro atoms. The highest BCUT2D eigenvalue weighted by Crippen LogP contribution is 2.42. The summed E-state index contributed by atoms with van der Waals surface area (Å²) in [5, 5.41) is 0.682. The summed E-state index contributed by atoms with van der Waals surface area (Å²) in [5.41, 5.74) is 7.20. The average molecular weight is 270 g/mol. The molecule has 100 valence electrons. The lowest BCUT2D eigenvalue weighted by Crippen LogP contribution is -2.41. The molecular weight excluding hydrogens is 250 g/mol. The van der Waals surface area contributed by atoms with Crippen LogP contribution < -0.4 is 10.5 Å². The Labute approximate surface area is 113 Å². The van der Waals surface area contributed by atoms with Gasteiger partial charge in [0.05, 0.1) is 12.7 Å². The van der Waals surface area contributed by atoms with E-state index in [0.29, 0.717) is 5.02 Å². The van der Waals surface area contributed by atoms with Gasteiger partial charge in [-0.2, -0.15) is 0 Å². The second kappa shape index (κ2) is 5.47. The molecule has 1 aliphatic rings. The van der Waals surface area contributed by atoms with Crippen LogP contribution in [0.2, 0.25) is 5.02 Å². The second-order valence-corrected chi connectivity index (χ2v) is 5.37. The minimum absolute atomic E-state index is 0.0489. The van der Waals surface area contributed by atoms with Gasteiger partial charge < -0.3 is 15.2 Å². The first-order valence-corrected chi connectivity index (χ1v) is 6.62. The van der Waals surface area contributed by atoms with Crippen molar-refractivity contribution in [2.45, 2.75) is 37.3 Å². The summed E-state index contributed by atoms with van der Waals surface area (Å²) in [6.07, 6.45) is 4.19. The first kappa shape index (κ1) is 13.7. The number of nitrogens with two attached hydrogens (primary N) is 1. The van der Waals surface area contributed by atoms with Gasteiger partial charge in [0.1, 0.15) is 5.75 Å². The molecule has 1 fully saturated rings. The molecule has 0 bridgehead atoms. The molecule has 0 aromatic heterocycles. The maximum Gasteiger partial charge on any atom is 0.123 e. The van der Waals surface area contributed by atoms with Crippen molar-refractivity contribution < 1.29 is 9.47 Å². The van der Waals surface area contributed by atoms with Gasteiger partial charge in [-0.3, -0.25) is 0 Å². The molecule has 0 saturated heterocycles. The average Bonchev–Trinajstić information content (AvgIpc) is 2.33. The molecule has 4 heteroatoms. The molecule has 1 aromatic rings. The molecule has 1 saturated carbocycles. The summed E-state index contributed by atoms with van der Waals surface area (Å²) < 4.78 is 11.0. The highest BCUT2D eigenvalue weighted by molar-refractivity contribution is 6.30. The molecule has 1 aromatic carbocycles. The normalized spacial score (nSPS) is 19.1. The molecule has 1 aliphatic carbocycles. The van der Waals surface area contributed by atoms with E-state index >= 15 is 0 Å². The third-order valence-corrected chi connectivity index (χ3v) is 4.12. The smallest absolute Gasteiger partial charge is 0.123 e. The van der Waals surface area contributed by atoms with Crippen molar-refractivity contribution in [1.29, 1.82) is 0 Å². The van der Waals surface area contributed by atoms with E-state index in [1.807, 2.05) is 18.2 Å². The Morgan fingerprint density at radius 1 is 1.39 bits per heavy atom. The maximum atomic E-state index is 6.29. The summed E-state index contributed by atoms with van der Waals surface area (Å²) >= 11 is 6.03. The van der Waals surface area contributed by atoms with Crippen LogP contribution in [0.4, 0.5) is 0 Å². The Morgan fingerprint density at radius 3 is 2.61 bits per heavy atom. The predicted molar refractivity (Wildman–Crippen MR) is 73.1 cm³/mol. The minimum atomic E-state index is -0.112. The Kier molecular flexibility index (Phi) is 4.15. The second-order valence-electron chi connectivity index (χ2n) is 4.94. The van der Waals surface area contributed by atoms with E-state index in [4.69, 9.17) is 26.8 Å². The summed E-state index contributed by atoms with van der Waals surface area (Å²) in [6.45, 7) is 0. The third kappa shape index (κ3) is 2.63. The number of benzene rings is 1. The largest absolute Gasteiger partial charge is 0.496 e. The van der Waals surface area contributed by atoms with Crippen molar-refractivity contribution in [3.8, 4) is 5.75 Å². The monoisotopic (exact) mass is 269 g/mol. The lowest BCUT2D eigenvalue weighted by molar-refractivity contribution is -0.0817. The van der Waals surface area contributed by atoms with Crippen molar-refractivity contribution in [1.82, 2.24) is 0 Å². The zero-order valence-electron chi connectivity index (χ0n) is 10.9. The number of hydrogen-bond donors (Lipinski definition) is 1. The summed E-state index contributed by atoms with van der Waals surface area (Å²) in [4.78, 5) is 0. The molecule has 0 aliphatic heterocycles. The fourth-order valence-electron chi connectivity index (χ4n) is 2.57. The van der Waals surface area contributed by atoms with Crippen molar-refractivity contribution in [3.63, 3.8) is 0 Å². The van der Waals surface area contributed by atoms with E-state index < -0.39 is 0 Å². The van der Waals surface area contributed by atoms with Crippen molar-refractivity contribution in [2.75, 3.05) is 14.2 Å². The van der Waals surface area contributed by atoms with Crippen LogP contribution >= 0.6 is 11.6 Å². The molecule has 1 atom stereocenters. The van der Waals surface area contributed by atoms with E-state index in [-0.39, 0.29) is 11.6 Å². The van der Waals surface area contributed by atoms with Gasteiger partial charge in [0.2, 0.25) is 0 Å². The molecule has 1 unspecified atom stereocenters. The van der Waals surface area contributed by atoms with Crippen LogP contribution in [0.25, 0.3) is 0 Å². The van der Waals surface area contributed by atoms with Crippen LogP contribution in [0.5, 0.6) is 5.75 Å². The van der Waals surface area contributed by atoms with E-state index in [0.717, 1.165) is 30.6 Å². The lowest BCUT2D eigenvalue weighted by Gasteiger charge is -2.42. The Hall–Kier alpha value is -0.770. The SMILES string of the molecule is COc1ccc(Cl)cc1C(N)CC1(OC)CCC1. The van der Waals surface area contributed by atoms with Crippen LogP contribution in [-0.2, 0) is 4.74 Å². The molecular formula is C14H20ClNO2. The molecule has 2 N–H and O–H groups in total. The number of rotatable bonds is 5. The molecule has 0 amide bonds. The Bertz CT molecular complexity index is 413. The molecule has 0 heterocycles. The van der Waals surface area contributed by atoms with Crippen LogP contribution in [0.3, 0.4) is 0 Å². The van der Waals surface area contributed by atoms with Crippen LogP contribution in [-0.4, -0.2) is 19.8 Å². The minimum Gasteiger partial charge on any atom is -0.496 e. The topological polar surface area (TPSA) is 44.5 Å². The third-order valence-electron chi connectivity index (χ3n) is 3.88. The lowest BCUT2D eigenvalue weighted by atomic mass is 9.75. The maximum absolute atomic E-state index is 6.29. The van der Waals surface area contributed by atoms with Crippen LogP contribution in [0.1, 0.15) is 37.3 Å². The van der Waals surface area contributed by atoms with Gasteiger partial charge in [0, 0.05) is 23.7 Å². The standard InChI is InChI=1S/C14H20ClNO2/c1-17-13-5-4-10(15)8-11(13)12(16)9-14(18-2)6-3-7-14/h4-5,8,12H,3,6-7,9,16H2,1-2H3. The molecule has 0 radical (unpaired) electrons. The number of halogens is 1. The predicted octanol–water partition coefficient (Wildman–Crippen LogP) is 3.31. The van der Waals surface area contributed by atoms with E-state index in [1.54, 1.807) is 14.2 Å². The molecule has 18 heavy (non-hydrogen) atoms. The van der Waals surface area contributed by atoms with E-state index in [2.05, 4.69) is 0 Å². The zero-order chi connectivity index (χ0) is 13.2. The van der Waals surface area contributed by atoms with Crippen LogP contribution in [0.15, 0.2) is 18.2 Å². The number of hydrogen-bond acceptors (Lipinski definition) is 3. The summed E-state index contributed by atoms with van der Waals surface area (Å²) in [7, 11) is 3.41. The fourth-order valence-corrected chi connectivity index (χ4v) is 2.75. The zero-order valence-corrected chi connectivity index (χ0v) is 11.7. The van der Waals surface area contributed by atoms with Gasteiger partial charge in [-0.15, -0.1) is 0 Å². The van der Waals surface area contributed by atoms with Gasteiger partial charge >= 0.3 is 0 Å². The van der Waals surface area contributed by atoms with Crippen molar-refractivity contribution in [2.24, 2.45) is 5.73 Å². The van der Waals surface area contributed by atoms with E-state index in [1.165, 1.54) is 6.42 Å². The summed E-state index contributed by atoms with van der Waals surface area (Å²) in [5.74, 6) is 0.789. The Balaban J connectivity index is 2.17. The highest BCUT2D eigenvalue weighted by atomic mass is 35.5. The van der Waals surface area contributed by atoms with Gasteiger partial charge in [0.25, 0.3) is 0 Å². The fraction of sp³-hybridized carbons (Fsp3) is 0.571. The van der Waals surface area contributed by atoms with Gasteiger partial charge in [0.15, 0.2) is 0 Å². The molecule has 3 nitrogen and oxygen atoms in total. The van der Waals surface area contributed by atoms with E-state index in [9.17, 15) is 0 Å². The van der Waals surface area contributed by atoms with Gasteiger partial charge in [-0.05, 0) is 43.9 Å². The van der Waals surface area contributed by atoms with Gasteiger partial charge in [-0.25, -0.2) is 0 Å². The Morgan fingerprint density at radius 2 is 2.11 bits per heavy atom. The van der Waals surface area contributed by atoms with Gasteiger partial charge in [-0.1, -0.05) is 11.6 Å². The number of methoxy groups -OCH3 is 2. The quantitative estimate of drug-likeness (QED) is 0.892. The first-order chi connectivity index (χ1) is 8.60. The van der Waals surface area contributed by atoms with Crippen molar-refractivity contribution in [3.05, 3.63) is 28.8 Å².